The molecular formula is C19H19N5O3. The molecule has 2 aromatic heterocycles. The lowest BCUT2D eigenvalue weighted by atomic mass is 10.2. The largest absolute Gasteiger partial charge is 0.355 e. The molecule has 8 heteroatoms. The van der Waals surface area contributed by atoms with Crippen LogP contribution in [0.4, 0.5) is 0 Å². The Kier molecular flexibility index (Phi) is 5.61. The molecule has 3 aromatic rings. The molecule has 0 bridgehead atoms. The van der Waals surface area contributed by atoms with Crippen LogP contribution in [0, 0.1) is 18.3 Å². The van der Waals surface area contributed by atoms with Gasteiger partial charge < -0.3 is 9.84 Å². The molecule has 0 aliphatic carbocycles. The molecule has 8 nitrogen and oxygen atoms in total. The van der Waals surface area contributed by atoms with Crippen LogP contribution in [-0.2, 0) is 17.8 Å². The third kappa shape index (κ3) is 4.20. The molecule has 0 aliphatic heterocycles. The SMILES string of the molecule is Cc1noc2nc(CCCNC(=O)CC#N)n(Cc3ccccc3)c(=O)c12. The zero-order chi connectivity index (χ0) is 19.2. The smallest absolute Gasteiger partial charge is 0.267 e. The van der Waals surface area contributed by atoms with Gasteiger partial charge in [-0.2, -0.15) is 10.2 Å². The molecule has 138 valence electrons. The summed E-state index contributed by atoms with van der Waals surface area (Å²) < 4.78 is 6.80. The van der Waals surface area contributed by atoms with Crippen molar-refractivity contribution in [2.75, 3.05) is 6.54 Å². The first-order chi connectivity index (χ1) is 13.1. The lowest BCUT2D eigenvalue weighted by Crippen LogP contribution is -2.28. The molecule has 0 saturated carbocycles. The number of nitrogens with one attached hydrogen (secondary N) is 1. The minimum absolute atomic E-state index is 0.166. The van der Waals surface area contributed by atoms with Gasteiger partial charge in [0.05, 0.1) is 18.3 Å². The highest BCUT2D eigenvalue weighted by Crippen LogP contribution is 2.14. The summed E-state index contributed by atoms with van der Waals surface area (Å²) in [6.07, 6.45) is 0.891. The van der Waals surface area contributed by atoms with E-state index in [-0.39, 0.29) is 23.6 Å². The Morgan fingerprint density at radius 3 is 2.85 bits per heavy atom. The van der Waals surface area contributed by atoms with Crippen molar-refractivity contribution in [2.45, 2.75) is 32.7 Å². The van der Waals surface area contributed by atoms with E-state index >= 15 is 0 Å². The number of carbonyl (C=O) groups excluding carboxylic acids is 1. The second-order valence-electron chi connectivity index (χ2n) is 6.14. The molecule has 1 amide bonds. The first-order valence-electron chi connectivity index (χ1n) is 8.63. The maximum absolute atomic E-state index is 13.0. The number of benzene rings is 1. The molecule has 0 atom stereocenters. The summed E-state index contributed by atoms with van der Waals surface area (Å²) in [5.41, 5.74) is 1.54. The second kappa shape index (κ2) is 8.27. The minimum atomic E-state index is -0.312. The van der Waals surface area contributed by atoms with Crippen LogP contribution in [0.3, 0.4) is 0 Å². The number of hydrogen-bond donors (Lipinski definition) is 1. The van der Waals surface area contributed by atoms with Gasteiger partial charge in [-0.15, -0.1) is 0 Å². The lowest BCUT2D eigenvalue weighted by Gasteiger charge is -2.12. The maximum atomic E-state index is 13.0. The summed E-state index contributed by atoms with van der Waals surface area (Å²) in [5.74, 6) is 0.260. The number of nitrogens with zero attached hydrogens (tertiary/aromatic N) is 4. The van der Waals surface area contributed by atoms with E-state index in [0.717, 1.165) is 5.56 Å². The average molecular weight is 365 g/mol. The van der Waals surface area contributed by atoms with E-state index in [0.29, 0.717) is 42.8 Å². The van der Waals surface area contributed by atoms with Crippen LogP contribution >= 0.6 is 0 Å². The van der Waals surface area contributed by atoms with Gasteiger partial charge in [-0.05, 0) is 18.9 Å². The lowest BCUT2D eigenvalue weighted by molar-refractivity contribution is -0.120. The van der Waals surface area contributed by atoms with E-state index in [2.05, 4.69) is 15.5 Å². The number of fused-ring (bicyclic) bond motifs is 1. The van der Waals surface area contributed by atoms with Gasteiger partial charge in [-0.25, -0.2) is 0 Å². The van der Waals surface area contributed by atoms with Crippen molar-refractivity contribution in [3.8, 4) is 6.07 Å². The number of rotatable bonds is 7. The molecule has 1 aromatic carbocycles. The summed E-state index contributed by atoms with van der Waals surface area (Å²) in [6.45, 7) is 2.50. The van der Waals surface area contributed by atoms with Crippen molar-refractivity contribution in [1.29, 1.82) is 5.26 Å². The molecule has 3 rings (SSSR count). The van der Waals surface area contributed by atoms with Crippen LogP contribution in [0.5, 0.6) is 0 Å². The minimum Gasteiger partial charge on any atom is -0.355 e. The predicted molar refractivity (Wildman–Crippen MR) is 97.9 cm³/mol. The van der Waals surface area contributed by atoms with Crippen LogP contribution in [0.15, 0.2) is 39.6 Å². The molecule has 27 heavy (non-hydrogen) atoms. The van der Waals surface area contributed by atoms with Gasteiger partial charge in [0.25, 0.3) is 11.3 Å². The van der Waals surface area contributed by atoms with E-state index in [1.54, 1.807) is 17.6 Å². The monoisotopic (exact) mass is 365 g/mol. The molecule has 0 saturated heterocycles. The summed E-state index contributed by atoms with van der Waals surface area (Å²) in [5, 5.41) is 15.4. The van der Waals surface area contributed by atoms with Gasteiger partial charge in [-0.3, -0.25) is 14.2 Å². The Bertz CT molecular complexity index is 1050. The highest BCUT2D eigenvalue weighted by Gasteiger charge is 2.17. The summed E-state index contributed by atoms with van der Waals surface area (Å²) in [6, 6.07) is 11.5. The van der Waals surface area contributed by atoms with E-state index in [9.17, 15) is 9.59 Å². The molecule has 0 spiro atoms. The Labute approximate surface area is 155 Å². The van der Waals surface area contributed by atoms with Gasteiger partial charge in [0, 0.05) is 13.0 Å². The zero-order valence-electron chi connectivity index (χ0n) is 14.9. The van der Waals surface area contributed by atoms with Gasteiger partial charge >= 0.3 is 0 Å². The topological polar surface area (TPSA) is 114 Å². The Balaban J connectivity index is 1.86. The van der Waals surface area contributed by atoms with Crippen molar-refractivity contribution >= 4 is 17.0 Å². The number of nitriles is 1. The van der Waals surface area contributed by atoms with Crippen molar-refractivity contribution in [3.63, 3.8) is 0 Å². The van der Waals surface area contributed by atoms with Gasteiger partial charge in [0.15, 0.2) is 0 Å². The van der Waals surface area contributed by atoms with Crippen molar-refractivity contribution in [1.82, 2.24) is 20.0 Å². The normalized spacial score (nSPS) is 10.7. The fourth-order valence-corrected chi connectivity index (χ4v) is 2.84. The molecule has 0 aliphatic rings. The Hall–Kier alpha value is -3.47. The number of carbonyl (C=O) groups is 1. The summed E-state index contributed by atoms with van der Waals surface area (Å²) in [7, 11) is 0. The number of aromatic nitrogens is 3. The van der Waals surface area contributed by atoms with Crippen LogP contribution in [-0.4, -0.2) is 27.2 Å². The quantitative estimate of drug-likeness (QED) is 0.638. The highest BCUT2D eigenvalue weighted by atomic mass is 16.5. The van der Waals surface area contributed by atoms with E-state index < -0.39 is 0 Å². The van der Waals surface area contributed by atoms with E-state index in [1.165, 1.54) is 0 Å². The van der Waals surface area contributed by atoms with E-state index in [4.69, 9.17) is 9.78 Å². The van der Waals surface area contributed by atoms with E-state index in [1.807, 2.05) is 30.3 Å². The maximum Gasteiger partial charge on any atom is 0.267 e. The number of amides is 1. The standard InChI is InChI=1S/C19H19N5O3/c1-13-17-18(27-23-13)22-15(8-5-11-21-16(25)9-10-20)24(19(17)26)12-14-6-3-2-4-7-14/h2-4,6-7H,5,8-9,11-12H2,1H3,(H,21,25). The fraction of sp³-hybridized carbons (Fsp3) is 0.316. The first kappa shape index (κ1) is 18.3. The predicted octanol–water partition coefficient (Wildman–Crippen LogP) is 1.70. The van der Waals surface area contributed by atoms with Gasteiger partial charge in [0.2, 0.25) is 5.91 Å². The first-order valence-corrected chi connectivity index (χ1v) is 8.63. The molecule has 0 unspecified atom stereocenters. The Morgan fingerprint density at radius 1 is 1.33 bits per heavy atom. The Morgan fingerprint density at radius 2 is 2.11 bits per heavy atom. The van der Waals surface area contributed by atoms with Crippen molar-refractivity contribution < 1.29 is 9.32 Å². The third-order valence-electron chi connectivity index (χ3n) is 4.17. The van der Waals surface area contributed by atoms with Gasteiger partial charge in [-0.1, -0.05) is 35.5 Å². The van der Waals surface area contributed by atoms with Crippen molar-refractivity contribution in [3.05, 3.63) is 57.8 Å². The van der Waals surface area contributed by atoms with Gasteiger partial charge in [0.1, 0.15) is 17.6 Å². The molecular weight excluding hydrogens is 346 g/mol. The van der Waals surface area contributed by atoms with Crippen LogP contribution < -0.4 is 10.9 Å². The summed E-state index contributed by atoms with van der Waals surface area (Å²) >= 11 is 0. The molecule has 0 fully saturated rings. The third-order valence-corrected chi connectivity index (χ3v) is 4.17. The fourth-order valence-electron chi connectivity index (χ4n) is 2.84. The van der Waals surface area contributed by atoms with Crippen LogP contribution in [0.2, 0.25) is 0 Å². The molecule has 2 heterocycles. The second-order valence-corrected chi connectivity index (χ2v) is 6.14. The average Bonchev–Trinajstić information content (AvgIpc) is 3.03. The molecule has 1 N–H and O–H groups in total. The zero-order valence-corrected chi connectivity index (χ0v) is 14.9. The van der Waals surface area contributed by atoms with Crippen molar-refractivity contribution in [2.24, 2.45) is 0 Å². The number of aryl methyl sites for hydroxylation is 2. The van der Waals surface area contributed by atoms with Crippen LogP contribution in [0.1, 0.15) is 29.9 Å². The van der Waals surface area contributed by atoms with Crippen LogP contribution in [0.25, 0.3) is 11.1 Å². The summed E-state index contributed by atoms with van der Waals surface area (Å²) in [4.78, 5) is 28.8. The molecule has 0 radical (unpaired) electrons. The number of hydrogen-bond acceptors (Lipinski definition) is 6. The highest BCUT2D eigenvalue weighted by molar-refractivity contribution is 5.77.